The number of pyridine rings is 1. The summed E-state index contributed by atoms with van der Waals surface area (Å²) in [6, 6.07) is 10.1. The number of aromatic nitrogens is 1. The van der Waals surface area contributed by atoms with Crippen molar-refractivity contribution in [2.75, 3.05) is 25.6 Å². The van der Waals surface area contributed by atoms with Crippen LogP contribution in [0.4, 0.5) is 5.69 Å². The van der Waals surface area contributed by atoms with Crippen molar-refractivity contribution in [3.63, 3.8) is 0 Å². The van der Waals surface area contributed by atoms with Crippen LogP contribution in [0.5, 0.6) is 0 Å². The van der Waals surface area contributed by atoms with Gasteiger partial charge in [0.1, 0.15) is 0 Å². The fraction of sp³-hybridized carbons (Fsp3) is 0.333. The minimum atomic E-state index is -0.118. The van der Waals surface area contributed by atoms with E-state index in [1.54, 1.807) is 19.5 Å². The zero-order valence-corrected chi connectivity index (χ0v) is 13.6. The van der Waals surface area contributed by atoms with E-state index in [0.29, 0.717) is 25.3 Å². The van der Waals surface area contributed by atoms with E-state index < -0.39 is 0 Å². The van der Waals surface area contributed by atoms with E-state index in [0.717, 1.165) is 12.1 Å². The summed E-state index contributed by atoms with van der Waals surface area (Å²) in [5, 5.41) is 6.14. The first-order valence-electron chi connectivity index (χ1n) is 7.70. The number of carbonyl (C=O) groups excluding carboxylic acids is 1. The van der Waals surface area contributed by atoms with E-state index in [2.05, 4.69) is 46.8 Å². The molecule has 0 aliphatic rings. The highest BCUT2D eigenvalue weighted by Crippen LogP contribution is 2.11. The van der Waals surface area contributed by atoms with Crippen LogP contribution in [0.15, 0.2) is 42.7 Å². The Hall–Kier alpha value is -2.40. The molecular weight excluding hydrogens is 290 g/mol. The lowest BCUT2D eigenvalue weighted by atomic mass is 10.1. The van der Waals surface area contributed by atoms with Crippen LogP contribution in [0, 0.1) is 6.92 Å². The molecule has 0 bridgehead atoms. The van der Waals surface area contributed by atoms with Crippen LogP contribution in [0.3, 0.4) is 0 Å². The van der Waals surface area contributed by atoms with Gasteiger partial charge in [0, 0.05) is 39.2 Å². The second-order valence-electron chi connectivity index (χ2n) is 5.40. The van der Waals surface area contributed by atoms with Gasteiger partial charge in [0.15, 0.2) is 0 Å². The summed E-state index contributed by atoms with van der Waals surface area (Å²) in [7, 11) is 1.65. The van der Waals surface area contributed by atoms with Crippen molar-refractivity contribution < 1.29 is 9.53 Å². The summed E-state index contributed by atoms with van der Waals surface area (Å²) >= 11 is 0. The molecule has 0 radical (unpaired) electrons. The average Bonchev–Trinajstić information content (AvgIpc) is 2.58. The number of hydrogen-bond acceptors (Lipinski definition) is 4. The molecule has 0 aliphatic carbocycles. The smallest absolute Gasteiger partial charge is 0.252 e. The Morgan fingerprint density at radius 3 is 2.74 bits per heavy atom. The van der Waals surface area contributed by atoms with Gasteiger partial charge in [0.2, 0.25) is 0 Å². The van der Waals surface area contributed by atoms with Gasteiger partial charge in [-0.3, -0.25) is 9.78 Å². The van der Waals surface area contributed by atoms with Crippen LogP contribution in [-0.2, 0) is 11.3 Å². The molecule has 5 heteroatoms. The van der Waals surface area contributed by atoms with Gasteiger partial charge >= 0.3 is 0 Å². The summed E-state index contributed by atoms with van der Waals surface area (Å²) in [5.74, 6) is -0.118. The third-order valence-electron chi connectivity index (χ3n) is 3.43. The highest BCUT2D eigenvalue weighted by atomic mass is 16.5. The number of benzene rings is 1. The maximum absolute atomic E-state index is 12.1. The predicted octanol–water partition coefficient (Wildman–Crippen LogP) is 2.77. The summed E-state index contributed by atoms with van der Waals surface area (Å²) in [6.45, 7) is 3.99. The Labute approximate surface area is 137 Å². The molecule has 0 fully saturated rings. The molecule has 0 saturated carbocycles. The standard InChI is InChI=1S/C18H23N3O2/c1-14-4-6-15(7-5-14)11-21-17-10-16(12-19-13-17)18(22)20-8-3-9-23-2/h4-7,10,12-13,21H,3,8-9,11H2,1-2H3,(H,20,22). The van der Waals surface area contributed by atoms with Crippen molar-refractivity contribution in [2.45, 2.75) is 19.9 Å². The Bertz CT molecular complexity index is 626. The Kier molecular flexibility index (Phi) is 6.56. The minimum Gasteiger partial charge on any atom is -0.385 e. The summed E-state index contributed by atoms with van der Waals surface area (Å²) in [5.41, 5.74) is 3.80. The van der Waals surface area contributed by atoms with Crippen molar-refractivity contribution in [3.05, 3.63) is 59.4 Å². The third-order valence-corrected chi connectivity index (χ3v) is 3.43. The number of nitrogens with one attached hydrogen (secondary N) is 2. The maximum atomic E-state index is 12.1. The van der Waals surface area contributed by atoms with Crippen molar-refractivity contribution in [1.82, 2.24) is 10.3 Å². The minimum absolute atomic E-state index is 0.118. The number of rotatable bonds is 8. The van der Waals surface area contributed by atoms with Gasteiger partial charge in [-0.05, 0) is 25.0 Å². The second kappa shape index (κ2) is 8.90. The molecule has 1 aromatic heterocycles. The van der Waals surface area contributed by atoms with Gasteiger partial charge in [0.25, 0.3) is 5.91 Å². The molecular formula is C18H23N3O2. The second-order valence-corrected chi connectivity index (χ2v) is 5.40. The summed E-state index contributed by atoms with van der Waals surface area (Å²) in [6.07, 6.45) is 4.08. The number of anilines is 1. The third kappa shape index (κ3) is 5.71. The topological polar surface area (TPSA) is 63.2 Å². The molecule has 5 nitrogen and oxygen atoms in total. The monoisotopic (exact) mass is 313 g/mol. The highest BCUT2D eigenvalue weighted by molar-refractivity contribution is 5.94. The largest absolute Gasteiger partial charge is 0.385 e. The predicted molar refractivity (Wildman–Crippen MR) is 91.6 cm³/mol. The van der Waals surface area contributed by atoms with Gasteiger partial charge in [-0.2, -0.15) is 0 Å². The van der Waals surface area contributed by atoms with Crippen LogP contribution in [0.1, 0.15) is 27.9 Å². The first kappa shape index (κ1) is 17.0. The molecule has 0 aliphatic heterocycles. The Balaban J connectivity index is 1.88. The molecule has 0 unspecified atom stereocenters. The molecule has 2 aromatic rings. The molecule has 1 amide bonds. The molecule has 0 atom stereocenters. The average molecular weight is 313 g/mol. The number of ether oxygens (including phenoxy) is 1. The quantitative estimate of drug-likeness (QED) is 0.736. The normalized spacial score (nSPS) is 10.3. The number of methoxy groups -OCH3 is 1. The van der Waals surface area contributed by atoms with Gasteiger partial charge in [-0.1, -0.05) is 29.8 Å². The number of hydrogen-bond donors (Lipinski definition) is 2. The first-order chi connectivity index (χ1) is 11.2. The van der Waals surface area contributed by atoms with Gasteiger partial charge in [-0.15, -0.1) is 0 Å². The number of carbonyl (C=O) groups is 1. The lowest BCUT2D eigenvalue weighted by Gasteiger charge is -2.09. The molecule has 0 spiro atoms. The van der Waals surface area contributed by atoms with Crippen LogP contribution < -0.4 is 10.6 Å². The molecule has 23 heavy (non-hydrogen) atoms. The van der Waals surface area contributed by atoms with E-state index in [1.807, 2.05) is 6.07 Å². The SMILES string of the molecule is COCCCNC(=O)c1cncc(NCc2ccc(C)cc2)c1. The van der Waals surface area contributed by atoms with E-state index in [9.17, 15) is 4.79 Å². The Morgan fingerprint density at radius 2 is 2.00 bits per heavy atom. The van der Waals surface area contributed by atoms with Gasteiger partial charge < -0.3 is 15.4 Å². The molecule has 1 heterocycles. The van der Waals surface area contributed by atoms with Crippen molar-refractivity contribution in [2.24, 2.45) is 0 Å². The van der Waals surface area contributed by atoms with Crippen LogP contribution >= 0.6 is 0 Å². The molecule has 122 valence electrons. The number of nitrogens with zero attached hydrogens (tertiary/aromatic N) is 1. The summed E-state index contributed by atoms with van der Waals surface area (Å²) < 4.78 is 4.96. The zero-order valence-electron chi connectivity index (χ0n) is 13.6. The van der Waals surface area contributed by atoms with Crippen LogP contribution in [0.2, 0.25) is 0 Å². The zero-order chi connectivity index (χ0) is 16.5. The fourth-order valence-corrected chi connectivity index (χ4v) is 2.09. The Morgan fingerprint density at radius 1 is 1.22 bits per heavy atom. The number of aryl methyl sites for hydroxylation is 1. The van der Waals surface area contributed by atoms with Crippen molar-refractivity contribution >= 4 is 11.6 Å². The lowest BCUT2D eigenvalue weighted by Crippen LogP contribution is -2.25. The number of amides is 1. The molecule has 2 rings (SSSR count). The van der Waals surface area contributed by atoms with Crippen LogP contribution in [0.25, 0.3) is 0 Å². The molecule has 0 saturated heterocycles. The maximum Gasteiger partial charge on any atom is 0.252 e. The van der Waals surface area contributed by atoms with Crippen LogP contribution in [-0.4, -0.2) is 31.2 Å². The van der Waals surface area contributed by atoms with E-state index in [1.165, 1.54) is 11.1 Å². The van der Waals surface area contributed by atoms with Crippen molar-refractivity contribution in [1.29, 1.82) is 0 Å². The van der Waals surface area contributed by atoms with Gasteiger partial charge in [-0.25, -0.2) is 0 Å². The van der Waals surface area contributed by atoms with E-state index in [4.69, 9.17) is 4.74 Å². The van der Waals surface area contributed by atoms with Crippen molar-refractivity contribution in [3.8, 4) is 0 Å². The van der Waals surface area contributed by atoms with Gasteiger partial charge in [0.05, 0.1) is 11.3 Å². The first-order valence-corrected chi connectivity index (χ1v) is 7.70. The van der Waals surface area contributed by atoms with E-state index >= 15 is 0 Å². The highest BCUT2D eigenvalue weighted by Gasteiger charge is 2.06. The molecule has 1 aromatic carbocycles. The molecule has 2 N–H and O–H groups in total. The van der Waals surface area contributed by atoms with E-state index in [-0.39, 0.29) is 5.91 Å². The lowest BCUT2D eigenvalue weighted by molar-refractivity contribution is 0.0948. The fourth-order valence-electron chi connectivity index (χ4n) is 2.09. The summed E-state index contributed by atoms with van der Waals surface area (Å²) in [4.78, 5) is 16.2.